The van der Waals surface area contributed by atoms with Gasteiger partial charge in [0.2, 0.25) is 0 Å². The molecule has 1 rings (SSSR count). The first-order chi connectivity index (χ1) is 5.68. The van der Waals surface area contributed by atoms with E-state index < -0.39 is 0 Å². The third-order valence-electron chi connectivity index (χ3n) is 2.66. The van der Waals surface area contributed by atoms with E-state index in [1.165, 1.54) is 32.1 Å². The fourth-order valence-electron chi connectivity index (χ4n) is 2.16. The molecule has 0 bridgehead atoms. The Bertz CT molecular complexity index is 128. The van der Waals surface area contributed by atoms with Crippen molar-refractivity contribution in [2.45, 2.75) is 57.5 Å². The van der Waals surface area contributed by atoms with Gasteiger partial charge in [0, 0.05) is 17.5 Å². The smallest absolute Gasteiger partial charge is 0.0406 e. The Kier molecular flexibility index (Phi) is 3.85. The number of rotatable bonds is 3. The topological polar surface area (TPSA) is 12.0 Å². The van der Waals surface area contributed by atoms with E-state index in [-0.39, 0.29) is 5.54 Å². The molecule has 1 fully saturated rings. The summed E-state index contributed by atoms with van der Waals surface area (Å²) in [6, 6.07) is 0.557. The number of hydrogen-bond donors (Lipinski definition) is 1. The Hall–Kier alpha value is 0.250. The van der Waals surface area contributed by atoms with E-state index in [9.17, 15) is 0 Å². The van der Waals surface area contributed by atoms with Crippen LogP contribution in [0.4, 0.5) is 0 Å². The van der Waals surface area contributed by atoms with E-state index in [1.54, 1.807) is 0 Å². The maximum atomic E-state index is 6.02. The predicted molar refractivity (Wildman–Crippen MR) is 54.8 cm³/mol. The van der Waals surface area contributed by atoms with E-state index in [0.717, 1.165) is 5.88 Å². The largest absolute Gasteiger partial charge is 0.308 e. The Labute approximate surface area is 80.9 Å². The van der Waals surface area contributed by atoms with Gasteiger partial charge in [-0.15, -0.1) is 11.6 Å². The van der Waals surface area contributed by atoms with Crippen LogP contribution >= 0.6 is 11.6 Å². The Morgan fingerprint density at radius 3 is 2.25 bits per heavy atom. The van der Waals surface area contributed by atoms with Crippen LogP contribution in [0.25, 0.3) is 0 Å². The number of nitrogens with one attached hydrogen (secondary N) is 1. The molecule has 0 aromatic heterocycles. The quantitative estimate of drug-likeness (QED) is 0.674. The zero-order chi connectivity index (χ0) is 9.03. The van der Waals surface area contributed by atoms with Gasteiger partial charge in [-0.3, -0.25) is 0 Å². The summed E-state index contributed by atoms with van der Waals surface area (Å²) in [6.45, 7) is 4.39. The van der Waals surface area contributed by atoms with Crippen LogP contribution < -0.4 is 5.32 Å². The van der Waals surface area contributed by atoms with Crippen molar-refractivity contribution in [1.29, 1.82) is 0 Å². The molecule has 0 heterocycles. The summed E-state index contributed by atoms with van der Waals surface area (Å²) in [5, 5.41) is 3.61. The summed E-state index contributed by atoms with van der Waals surface area (Å²) in [5.74, 6) is 0.769. The molecule has 1 N–H and O–H groups in total. The molecule has 1 aliphatic rings. The lowest BCUT2D eigenvalue weighted by Crippen LogP contribution is -2.51. The summed E-state index contributed by atoms with van der Waals surface area (Å²) in [4.78, 5) is 0. The lowest BCUT2D eigenvalue weighted by atomic mass is 9.83. The molecule has 1 nitrogen and oxygen atoms in total. The third-order valence-corrected chi connectivity index (χ3v) is 3.17. The Morgan fingerprint density at radius 1 is 1.25 bits per heavy atom. The minimum absolute atomic E-state index is 0.258. The highest BCUT2D eigenvalue weighted by Gasteiger charge is 2.30. The number of hydrogen-bond acceptors (Lipinski definition) is 1. The summed E-state index contributed by atoms with van der Waals surface area (Å²) in [5.41, 5.74) is 0.258. The van der Waals surface area contributed by atoms with Gasteiger partial charge in [-0.25, -0.2) is 0 Å². The highest BCUT2D eigenvalue weighted by molar-refractivity contribution is 6.18. The van der Waals surface area contributed by atoms with Crippen LogP contribution in [0.3, 0.4) is 0 Å². The van der Waals surface area contributed by atoms with Crippen molar-refractivity contribution in [1.82, 2.24) is 5.32 Å². The van der Waals surface area contributed by atoms with Crippen molar-refractivity contribution in [3.8, 4) is 0 Å². The maximum Gasteiger partial charge on any atom is 0.0406 e. The molecule has 0 spiro atoms. The number of halogens is 1. The third kappa shape index (κ3) is 2.63. The molecule has 0 amide bonds. The second-order valence-corrected chi connectivity index (χ2v) is 4.54. The number of alkyl halides is 1. The van der Waals surface area contributed by atoms with E-state index in [2.05, 4.69) is 19.2 Å². The zero-order valence-electron chi connectivity index (χ0n) is 8.20. The molecule has 1 aliphatic carbocycles. The molecule has 0 unspecified atom stereocenters. The minimum atomic E-state index is 0.258. The molecule has 2 heteroatoms. The van der Waals surface area contributed by atoms with Gasteiger partial charge in [0.1, 0.15) is 0 Å². The van der Waals surface area contributed by atoms with Crippen LogP contribution in [-0.2, 0) is 0 Å². The fourth-order valence-corrected chi connectivity index (χ4v) is 2.50. The van der Waals surface area contributed by atoms with Gasteiger partial charge in [-0.1, -0.05) is 33.1 Å². The van der Waals surface area contributed by atoms with Crippen molar-refractivity contribution in [3.05, 3.63) is 0 Å². The summed E-state index contributed by atoms with van der Waals surface area (Å²) in [7, 11) is 0. The van der Waals surface area contributed by atoms with E-state index >= 15 is 0 Å². The first kappa shape index (κ1) is 10.3. The van der Waals surface area contributed by atoms with Crippen molar-refractivity contribution >= 4 is 11.6 Å². The van der Waals surface area contributed by atoms with Crippen molar-refractivity contribution in [2.75, 3.05) is 5.88 Å². The van der Waals surface area contributed by atoms with Crippen LogP contribution in [0.15, 0.2) is 0 Å². The molecule has 72 valence electrons. The van der Waals surface area contributed by atoms with Crippen molar-refractivity contribution in [2.24, 2.45) is 0 Å². The molecule has 0 saturated heterocycles. The molecular formula is C10H20ClN. The molecule has 0 aromatic carbocycles. The molecule has 0 radical (unpaired) electrons. The van der Waals surface area contributed by atoms with Gasteiger partial charge >= 0.3 is 0 Å². The standard InChI is InChI=1S/C10H20ClN/c1-9(2)12-10(8-11)6-4-3-5-7-10/h9,12H,3-8H2,1-2H3. The van der Waals surface area contributed by atoms with Gasteiger partial charge in [-0.2, -0.15) is 0 Å². The fraction of sp³-hybridized carbons (Fsp3) is 1.00. The highest BCUT2D eigenvalue weighted by Crippen LogP contribution is 2.29. The van der Waals surface area contributed by atoms with Crippen LogP contribution in [0.2, 0.25) is 0 Å². The summed E-state index contributed by atoms with van der Waals surface area (Å²) < 4.78 is 0. The lowest BCUT2D eigenvalue weighted by molar-refractivity contribution is 0.241. The zero-order valence-corrected chi connectivity index (χ0v) is 8.95. The molecular weight excluding hydrogens is 170 g/mol. The Morgan fingerprint density at radius 2 is 1.83 bits per heavy atom. The van der Waals surface area contributed by atoms with E-state index in [4.69, 9.17) is 11.6 Å². The first-order valence-electron chi connectivity index (χ1n) is 5.02. The van der Waals surface area contributed by atoms with Gasteiger partial charge in [0.15, 0.2) is 0 Å². The van der Waals surface area contributed by atoms with Crippen molar-refractivity contribution < 1.29 is 0 Å². The summed E-state index contributed by atoms with van der Waals surface area (Å²) >= 11 is 6.02. The molecule has 0 aromatic rings. The van der Waals surface area contributed by atoms with Gasteiger partial charge in [-0.05, 0) is 12.8 Å². The SMILES string of the molecule is CC(C)NC1(CCl)CCCCC1. The lowest BCUT2D eigenvalue weighted by Gasteiger charge is -2.38. The second-order valence-electron chi connectivity index (χ2n) is 4.27. The first-order valence-corrected chi connectivity index (χ1v) is 5.56. The van der Waals surface area contributed by atoms with Gasteiger partial charge < -0.3 is 5.32 Å². The van der Waals surface area contributed by atoms with Gasteiger partial charge in [0.05, 0.1) is 0 Å². The maximum absolute atomic E-state index is 6.02. The molecule has 0 aliphatic heterocycles. The minimum Gasteiger partial charge on any atom is -0.308 e. The van der Waals surface area contributed by atoms with E-state index in [1.807, 2.05) is 0 Å². The van der Waals surface area contributed by atoms with Crippen LogP contribution in [-0.4, -0.2) is 17.5 Å². The average Bonchev–Trinajstić information content (AvgIpc) is 2.05. The van der Waals surface area contributed by atoms with Gasteiger partial charge in [0.25, 0.3) is 0 Å². The summed E-state index contributed by atoms with van der Waals surface area (Å²) in [6.07, 6.45) is 6.58. The van der Waals surface area contributed by atoms with Crippen molar-refractivity contribution in [3.63, 3.8) is 0 Å². The monoisotopic (exact) mass is 189 g/mol. The second kappa shape index (κ2) is 4.48. The average molecular weight is 190 g/mol. The molecule has 12 heavy (non-hydrogen) atoms. The normalized spacial score (nSPS) is 23.0. The van der Waals surface area contributed by atoms with Crippen LogP contribution in [0.5, 0.6) is 0 Å². The highest BCUT2D eigenvalue weighted by atomic mass is 35.5. The van der Waals surface area contributed by atoms with Crippen LogP contribution in [0.1, 0.15) is 46.0 Å². The Balaban J connectivity index is 2.48. The van der Waals surface area contributed by atoms with E-state index in [0.29, 0.717) is 6.04 Å². The molecule has 1 saturated carbocycles. The predicted octanol–water partition coefficient (Wildman–Crippen LogP) is 2.93. The molecule has 0 atom stereocenters. The van der Waals surface area contributed by atoms with Crippen LogP contribution in [0, 0.1) is 0 Å².